The number of H-pyrrole nitrogens is 1. The number of carbonyl (C=O) groups is 1. The molecule has 0 saturated heterocycles. The smallest absolute Gasteiger partial charge is 0.330 e. The Bertz CT molecular complexity index is 1500. The number of nitrogens with two attached hydrogens (primary N) is 1. The zero-order valence-electron chi connectivity index (χ0n) is 19.3. The van der Waals surface area contributed by atoms with E-state index in [4.69, 9.17) is 15.2 Å². The summed E-state index contributed by atoms with van der Waals surface area (Å²) in [4.78, 5) is 43.1. The molecule has 3 aromatic carbocycles. The number of aromatic amines is 1. The van der Waals surface area contributed by atoms with Gasteiger partial charge in [0.15, 0.2) is 17.2 Å². The topological polar surface area (TPSA) is 120 Å². The minimum absolute atomic E-state index is 0.0391. The molecule has 1 aliphatic rings. The third kappa shape index (κ3) is 4.58. The number of ether oxygens (including phenoxy) is 2. The van der Waals surface area contributed by atoms with Crippen molar-refractivity contribution in [1.82, 2.24) is 9.55 Å². The first-order chi connectivity index (χ1) is 17.5. The maximum absolute atomic E-state index is 13.8. The van der Waals surface area contributed by atoms with Gasteiger partial charge in [0.1, 0.15) is 12.4 Å². The quantitative estimate of drug-likeness (QED) is 0.434. The lowest BCUT2D eigenvalue weighted by molar-refractivity contribution is -0.127. The number of amides is 1. The first-order valence-corrected chi connectivity index (χ1v) is 11.4. The number of carbonyl (C=O) groups excluding carboxylic acids is 1. The molecule has 1 amide bonds. The summed E-state index contributed by atoms with van der Waals surface area (Å²) in [5.41, 5.74) is 6.44. The van der Waals surface area contributed by atoms with Gasteiger partial charge in [-0.05, 0) is 23.3 Å². The molecule has 0 aliphatic carbocycles. The number of fused-ring (bicyclic) bond motifs is 1. The summed E-state index contributed by atoms with van der Waals surface area (Å²) >= 11 is 0. The summed E-state index contributed by atoms with van der Waals surface area (Å²) in [5, 5.41) is 0. The van der Waals surface area contributed by atoms with E-state index in [1.54, 1.807) is 18.2 Å². The maximum Gasteiger partial charge on any atom is 0.330 e. The molecule has 2 heterocycles. The van der Waals surface area contributed by atoms with Gasteiger partial charge in [0.2, 0.25) is 6.10 Å². The van der Waals surface area contributed by atoms with Gasteiger partial charge in [-0.1, -0.05) is 72.8 Å². The van der Waals surface area contributed by atoms with Crippen molar-refractivity contribution in [3.63, 3.8) is 0 Å². The van der Waals surface area contributed by atoms with Gasteiger partial charge in [-0.25, -0.2) is 4.79 Å². The normalized spacial score (nSPS) is 14.3. The highest BCUT2D eigenvalue weighted by molar-refractivity contribution is 5.98. The monoisotopic (exact) mass is 484 g/mol. The lowest BCUT2D eigenvalue weighted by Gasteiger charge is -2.31. The van der Waals surface area contributed by atoms with E-state index in [0.717, 1.165) is 11.1 Å². The summed E-state index contributed by atoms with van der Waals surface area (Å²) in [5.74, 6) is 0.326. The fourth-order valence-corrected chi connectivity index (χ4v) is 4.11. The molecular formula is C27H24N4O5. The van der Waals surface area contributed by atoms with Crippen LogP contribution < -0.4 is 31.4 Å². The second-order valence-electron chi connectivity index (χ2n) is 8.34. The molecule has 0 unspecified atom stereocenters. The van der Waals surface area contributed by atoms with Crippen molar-refractivity contribution in [2.45, 2.75) is 19.2 Å². The van der Waals surface area contributed by atoms with Gasteiger partial charge in [0.05, 0.1) is 13.1 Å². The zero-order valence-corrected chi connectivity index (χ0v) is 19.3. The Kier molecular flexibility index (Phi) is 6.27. The fraction of sp³-hybridized carbons (Fsp3) is 0.148. The van der Waals surface area contributed by atoms with Gasteiger partial charge in [0.25, 0.3) is 11.5 Å². The second kappa shape index (κ2) is 9.83. The number of nitrogens with zero attached hydrogens (tertiary/aromatic N) is 2. The summed E-state index contributed by atoms with van der Waals surface area (Å²) in [6.45, 7) is 0.125. The maximum atomic E-state index is 13.8. The van der Waals surface area contributed by atoms with Gasteiger partial charge >= 0.3 is 5.69 Å². The van der Waals surface area contributed by atoms with Gasteiger partial charge in [0, 0.05) is 0 Å². The summed E-state index contributed by atoms with van der Waals surface area (Å²) in [6.07, 6.45) is -1.02. The van der Waals surface area contributed by atoms with E-state index in [1.165, 1.54) is 9.47 Å². The van der Waals surface area contributed by atoms with Crippen LogP contribution in [0.15, 0.2) is 94.5 Å². The SMILES string of the molecule is Nc1c(N(Cc2ccccc2)C(=O)[C@@H]2COc3ccccc3O2)c(=O)[nH]c(=O)n1Cc1ccccc1. The molecule has 5 rings (SSSR count). The Morgan fingerprint density at radius 1 is 0.917 bits per heavy atom. The Labute approximate surface area is 206 Å². The number of anilines is 2. The molecule has 182 valence electrons. The molecule has 9 heteroatoms. The Morgan fingerprint density at radius 3 is 2.22 bits per heavy atom. The molecule has 9 nitrogen and oxygen atoms in total. The zero-order chi connectivity index (χ0) is 25.1. The van der Waals surface area contributed by atoms with Crippen LogP contribution in [0.2, 0.25) is 0 Å². The molecule has 1 atom stereocenters. The van der Waals surface area contributed by atoms with Crippen LogP contribution in [-0.2, 0) is 17.9 Å². The third-order valence-corrected chi connectivity index (χ3v) is 5.90. The molecule has 0 spiro atoms. The van der Waals surface area contributed by atoms with Crippen molar-refractivity contribution in [2.75, 3.05) is 17.2 Å². The molecule has 4 aromatic rings. The Balaban J connectivity index is 1.57. The number of para-hydroxylation sites is 2. The van der Waals surface area contributed by atoms with Gasteiger partial charge in [-0.2, -0.15) is 0 Å². The molecule has 0 bridgehead atoms. The van der Waals surface area contributed by atoms with Gasteiger partial charge in [-0.3, -0.25) is 24.0 Å². The van der Waals surface area contributed by atoms with E-state index < -0.39 is 23.3 Å². The molecular weight excluding hydrogens is 460 g/mol. The molecule has 0 fully saturated rings. The van der Waals surface area contributed by atoms with Gasteiger partial charge in [-0.15, -0.1) is 0 Å². The lowest BCUT2D eigenvalue weighted by Crippen LogP contribution is -2.49. The van der Waals surface area contributed by atoms with Crippen LogP contribution in [0, 0.1) is 0 Å². The summed E-state index contributed by atoms with van der Waals surface area (Å²) in [6, 6.07) is 25.4. The van der Waals surface area contributed by atoms with Crippen LogP contribution in [0.1, 0.15) is 11.1 Å². The van der Waals surface area contributed by atoms with Crippen molar-refractivity contribution in [3.8, 4) is 11.5 Å². The van der Waals surface area contributed by atoms with Crippen LogP contribution in [0.3, 0.4) is 0 Å². The molecule has 0 saturated carbocycles. The van der Waals surface area contributed by atoms with E-state index in [9.17, 15) is 14.4 Å². The van der Waals surface area contributed by atoms with Gasteiger partial charge < -0.3 is 15.2 Å². The first kappa shape index (κ1) is 23.0. The summed E-state index contributed by atoms with van der Waals surface area (Å²) < 4.78 is 12.9. The molecule has 3 N–H and O–H groups in total. The van der Waals surface area contributed by atoms with E-state index in [1.807, 2.05) is 66.7 Å². The predicted molar refractivity (Wildman–Crippen MR) is 135 cm³/mol. The van der Waals surface area contributed by atoms with Crippen molar-refractivity contribution >= 4 is 17.4 Å². The third-order valence-electron chi connectivity index (χ3n) is 5.90. The average molecular weight is 485 g/mol. The standard InChI is InChI=1S/C27H24N4O5/c28-24-23(25(32)29-27(34)31(24)16-19-11-5-2-6-12-19)30(15-18-9-3-1-4-10-18)26(33)22-17-35-20-13-7-8-14-21(20)36-22/h1-14,22H,15-17,28H2,(H,29,32,34)/t22-/m0/s1. The number of aromatic nitrogens is 2. The second-order valence-corrected chi connectivity index (χ2v) is 8.34. The minimum atomic E-state index is -1.02. The number of benzene rings is 3. The number of hydrogen-bond donors (Lipinski definition) is 2. The molecule has 1 aliphatic heterocycles. The lowest BCUT2D eigenvalue weighted by atomic mass is 10.1. The van der Waals surface area contributed by atoms with Crippen molar-refractivity contribution in [2.24, 2.45) is 0 Å². The van der Waals surface area contributed by atoms with Crippen LogP contribution in [0.5, 0.6) is 11.5 Å². The highest BCUT2D eigenvalue weighted by Gasteiger charge is 2.34. The summed E-state index contributed by atoms with van der Waals surface area (Å²) in [7, 11) is 0. The Hall–Kier alpha value is -4.79. The minimum Gasteiger partial charge on any atom is -0.485 e. The molecule has 36 heavy (non-hydrogen) atoms. The van der Waals surface area contributed by atoms with Crippen LogP contribution >= 0.6 is 0 Å². The highest BCUT2D eigenvalue weighted by Crippen LogP contribution is 2.32. The number of nitrogens with one attached hydrogen (secondary N) is 1. The number of rotatable bonds is 6. The highest BCUT2D eigenvalue weighted by atomic mass is 16.6. The average Bonchev–Trinajstić information content (AvgIpc) is 2.91. The molecule has 0 radical (unpaired) electrons. The van der Waals surface area contributed by atoms with E-state index in [0.29, 0.717) is 11.5 Å². The first-order valence-electron chi connectivity index (χ1n) is 11.4. The van der Waals surface area contributed by atoms with E-state index in [2.05, 4.69) is 4.98 Å². The Morgan fingerprint density at radius 2 is 1.53 bits per heavy atom. The van der Waals surface area contributed by atoms with E-state index in [-0.39, 0.29) is 31.2 Å². The van der Waals surface area contributed by atoms with Crippen LogP contribution in [-0.4, -0.2) is 28.2 Å². The number of hydrogen-bond acceptors (Lipinski definition) is 6. The predicted octanol–water partition coefficient (Wildman–Crippen LogP) is 2.54. The largest absolute Gasteiger partial charge is 0.485 e. The van der Waals surface area contributed by atoms with Crippen molar-refractivity contribution < 1.29 is 14.3 Å². The van der Waals surface area contributed by atoms with Crippen molar-refractivity contribution in [3.05, 3.63) is 117 Å². The molecule has 1 aromatic heterocycles. The van der Waals surface area contributed by atoms with Crippen LogP contribution in [0.25, 0.3) is 0 Å². The fourth-order valence-electron chi connectivity index (χ4n) is 4.11. The number of nitrogen functional groups attached to an aromatic ring is 1. The van der Waals surface area contributed by atoms with Crippen molar-refractivity contribution in [1.29, 1.82) is 0 Å². The van der Waals surface area contributed by atoms with E-state index >= 15 is 0 Å². The van der Waals surface area contributed by atoms with Crippen LogP contribution in [0.4, 0.5) is 11.5 Å².